The molecule has 1 aliphatic rings. The Bertz CT molecular complexity index is 1240. The summed E-state index contributed by atoms with van der Waals surface area (Å²) in [6.07, 6.45) is 8.95. The molecule has 3 aromatic rings. The molecule has 0 bridgehead atoms. The molecule has 0 spiro atoms. The first kappa shape index (κ1) is 26.5. The van der Waals surface area contributed by atoms with E-state index in [1.54, 1.807) is 0 Å². The molecule has 5 heteroatoms. The van der Waals surface area contributed by atoms with Crippen molar-refractivity contribution in [1.29, 1.82) is 5.41 Å². The van der Waals surface area contributed by atoms with Crippen LogP contribution in [0.1, 0.15) is 60.9 Å². The van der Waals surface area contributed by atoms with Crippen molar-refractivity contribution in [3.63, 3.8) is 0 Å². The Morgan fingerprint density at radius 2 is 1.67 bits per heavy atom. The van der Waals surface area contributed by atoms with E-state index in [-0.39, 0.29) is 6.47 Å². The summed E-state index contributed by atoms with van der Waals surface area (Å²) >= 11 is 0. The lowest BCUT2D eigenvalue weighted by atomic mass is 9.87. The van der Waals surface area contributed by atoms with Crippen LogP contribution in [0, 0.1) is 5.41 Å². The summed E-state index contributed by atoms with van der Waals surface area (Å²) in [6.45, 7) is 6.28. The van der Waals surface area contributed by atoms with E-state index in [9.17, 15) is 0 Å². The standard InChI is InChI=1S/C30H33N3.CH2O2/c1-3-8-22-11-13-23(14-12-22)30(25-15-16-29(32)26(19-25)21-31)28(4-2)24-9-7-10-27(20-24)33-17-5-6-18-33;2-1-3/h3,7-16,19-21,31H,4-6,17-18,32H2,1-2H3;1H,(H,2,3)/b8-3+,30-28+,31-21?;. The van der Waals surface area contributed by atoms with Crippen molar-refractivity contribution >= 4 is 41.3 Å². The fraction of sp³-hybridized carbons (Fsp3) is 0.226. The van der Waals surface area contributed by atoms with Gasteiger partial charge in [-0.15, -0.1) is 0 Å². The van der Waals surface area contributed by atoms with Gasteiger partial charge in [-0.3, -0.25) is 4.79 Å². The van der Waals surface area contributed by atoms with E-state index >= 15 is 0 Å². The Morgan fingerprint density at radius 1 is 1.00 bits per heavy atom. The summed E-state index contributed by atoms with van der Waals surface area (Å²) < 4.78 is 0. The lowest BCUT2D eigenvalue weighted by molar-refractivity contribution is -0.122. The molecule has 1 aliphatic heterocycles. The van der Waals surface area contributed by atoms with Gasteiger partial charge in [-0.25, -0.2) is 0 Å². The number of carbonyl (C=O) groups is 1. The van der Waals surface area contributed by atoms with Crippen molar-refractivity contribution in [2.45, 2.75) is 33.1 Å². The maximum Gasteiger partial charge on any atom is 0.290 e. The smallest absolute Gasteiger partial charge is 0.290 e. The van der Waals surface area contributed by atoms with Gasteiger partial charge in [0.1, 0.15) is 0 Å². The summed E-state index contributed by atoms with van der Waals surface area (Å²) in [6, 6.07) is 23.7. The molecule has 0 saturated carbocycles. The average molecular weight is 482 g/mol. The maximum absolute atomic E-state index is 8.36. The number of nitrogens with two attached hydrogens (primary N) is 1. The van der Waals surface area contributed by atoms with Crippen molar-refractivity contribution in [3.8, 4) is 0 Å². The average Bonchev–Trinajstić information content (AvgIpc) is 3.44. The summed E-state index contributed by atoms with van der Waals surface area (Å²) in [5.74, 6) is 0. The van der Waals surface area contributed by atoms with Crippen LogP contribution in [-0.2, 0) is 4.79 Å². The van der Waals surface area contributed by atoms with E-state index in [2.05, 4.69) is 78.6 Å². The highest BCUT2D eigenvalue weighted by Gasteiger charge is 2.17. The fourth-order valence-electron chi connectivity index (χ4n) is 4.71. The molecule has 1 heterocycles. The number of allylic oxidation sites excluding steroid dienone is 2. The highest BCUT2D eigenvalue weighted by molar-refractivity contribution is 6.00. The second-order valence-electron chi connectivity index (χ2n) is 8.67. The van der Waals surface area contributed by atoms with Gasteiger partial charge in [-0.2, -0.15) is 0 Å². The minimum Gasteiger partial charge on any atom is -0.483 e. The van der Waals surface area contributed by atoms with Crippen LogP contribution >= 0.6 is 0 Å². The number of hydrogen-bond acceptors (Lipinski definition) is 4. The summed E-state index contributed by atoms with van der Waals surface area (Å²) in [5.41, 5.74) is 16.0. The highest BCUT2D eigenvalue weighted by atomic mass is 16.3. The number of hydrogen-bond donors (Lipinski definition) is 3. The fourth-order valence-corrected chi connectivity index (χ4v) is 4.71. The van der Waals surface area contributed by atoms with Crippen LogP contribution in [-0.4, -0.2) is 30.9 Å². The third kappa shape index (κ3) is 6.30. The quantitative estimate of drug-likeness (QED) is 0.147. The largest absolute Gasteiger partial charge is 0.483 e. The molecular formula is C31H35N3O2. The summed E-state index contributed by atoms with van der Waals surface area (Å²) in [4.78, 5) is 10.8. The molecule has 1 saturated heterocycles. The molecule has 0 aliphatic carbocycles. The van der Waals surface area contributed by atoms with Crippen LogP contribution in [0.5, 0.6) is 0 Å². The molecule has 0 amide bonds. The summed E-state index contributed by atoms with van der Waals surface area (Å²) in [7, 11) is 0. The van der Waals surface area contributed by atoms with E-state index < -0.39 is 0 Å². The van der Waals surface area contributed by atoms with Gasteiger partial charge in [0.25, 0.3) is 6.47 Å². The minimum absolute atomic E-state index is 0.250. The van der Waals surface area contributed by atoms with E-state index in [4.69, 9.17) is 21.0 Å². The van der Waals surface area contributed by atoms with Crippen molar-refractivity contribution in [3.05, 3.63) is 101 Å². The Labute approximate surface area is 214 Å². The van der Waals surface area contributed by atoms with Gasteiger partial charge < -0.3 is 21.1 Å². The second-order valence-corrected chi connectivity index (χ2v) is 8.67. The monoisotopic (exact) mass is 481 g/mol. The van der Waals surface area contributed by atoms with E-state index in [0.717, 1.165) is 30.6 Å². The number of carboxylic acid groups (broad SMARTS) is 1. The molecule has 0 radical (unpaired) electrons. The van der Waals surface area contributed by atoms with Gasteiger partial charge in [-0.1, -0.05) is 61.5 Å². The van der Waals surface area contributed by atoms with Gasteiger partial charge in [0.2, 0.25) is 0 Å². The molecule has 0 atom stereocenters. The van der Waals surface area contributed by atoms with Crippen molar-refractivity contribution in [1.82, 2.24) is 0 Å². The van der Waals surface area contributed by atoms with Crippen molar-refractivity contribution in [2.24, 2.45) is 0 Å². The first-order valence-corrected chi connectivity index (χ1v) is 12.4. The molecule has 1 fully saturated rings. The number of benzene rings is 3. The normalized spacial score (nSPS) is 13.7. The van der Waals surface area contributed by atoms with Crippen molar-refractivity contribution in [2.75, 3.05) is 23.7 Å². The molecule has 0 aromatic heterocycles. The number of anilines is 2. The number of nitrogens with zero attached hydrogens (tertiary/aromatic N) is 1. The van der Waals surface area contributed by atoms with Gasteiger partial charge in [0.05, 0.1) is 0 Å². The zero-order chi connectivity index (χ0) is 25.9. The maximum atomic E-state index is 8.36. The summed E-state index contributed by atoms with van der Waals surface area (Å²) in [5, 5.41) is 14.7. The number of nitrogen functional groups attached to an aromatic ring is 1. The van der Waals surface area contributed by atoms with Crippen LogP contribution in [0.4, 0.5) is 11.4 Å². The van der Waals surface area contributed by atoms with Gasteiger partial charge >= 0.3 is 0 Å². The topological polar surface area (TPSA) is 90.4 Å². The highest BCUT2D eigenvalue weighted by Crippen LogP contribution is 2.37. The van der Waals surface area contributed by atoms with Crippen LogP contribution in [0.2, 0.25) is 0 Å². The zero-order valence-corrected chi connectivity index (χ0v) is 21.1. The predicted molar refractivity (Wildman–Crippen MR) is 153 cm³/mol. The first-order valence-electron chi connectivity index (χ1n) is 12.4. The Hall–Kier alpha value is -4.12. The molecule has 0 unspecified atom stereocenters. The number of nitrogens with one attached hydrogen (secondary N) is 1. The third-order valence-electron chi connectivity index (χ3n) is 6.41. The van der Waals surface area contributed by atoms with Crippen LogP contribution in [0.25, 0.3) is 17.2 Å². The molecule has 3 aromatic carbocycles. The SMILES string of the molecule is C/C=C/c1ccc(/C(=C(/CC)c2cccc(N3CCCC3)c2)c2ccc(N)c(C=N)c2)cc1.O=CO. The Morgan fingerprint density at radius 3 is 2.28 bits per heavy atom. The van der Waals surface area contributed by atoms with Gasteiger partial charge in [-0.05, 0) is 83.9 Å². The Kier molecular flexibility index (Phi) is 9.64. The molecule has 5 nitrogen and oxygen atoms in total. The van der Waals surface area contributed by atoms with E-state index in [1.165, 1.54) is 52.6 Å². The first-order chi connectivity index (χ1) is 17.6. The molecule has 36 heavy (non-hydrogen) atoms. The van der Waals surface area contributed by atoms with Crippen molar-refractivity contribution < 1.29 is 9.90 Å². The van der Waals surface area contributed by atoms with Gasteiger partial charge in [0.15, 0.2) is 0 Å². The van der Waals surface area contributed by atoms with Crippen LogP contribution in [0.15, 0.2) is 72.8 Å². The molecular weight excluding hydrogens is 446 g/mol. The molecule has 186 valence electrons. The Balaban J connectivity index is 0.00000115. The lowest BCUT2D eigenvalue weighted by Crippen LogP contribution is -2.17. The molecule has 4 rings (SSSR count). The number of rotatable bonds is 7. The van der Waals surface area contributed by atoms with E-state index in [1.807, 2.05) is 19.1 Å². The lowest BCUT2D eigenvalue weighted by Gasteiger charge is -2.21. The van der Waals surface area contributed by atoms with Gasteiger partial charge in [0, 0.05) is 36.2 Å². The van der Waals surface area contributed by atoms with Crippen LogP contribution in [0.3, 0.4) is 0 Å². The zero-order valence-electron chi connectivity index (χ0n) is 21.1. The van der Waals surface area contributed by atoms with Crippen LogP contribution < -0.4 is 10.6 Å². The molecule has 4 N–H and O–H groups in total. The minimum atomic E-state index is -0.250. The third-order valence-corrected chi connectivity index (χ3v) is 6.41. The van der Waals surface area contributed by atoms with E-state index in [0.29, 0.717) is 5.69 Å². The predicted octanol–water partition coefficient (Wildman–Crippen LogP) is 6.97. The second kappa shape index (κ2) is 13.1.